The summed E-state index contributed by atoms with van der Waals surface area (Å²) < 4.78 is 29.7. The Morgan fingerprint density at radius 2 is 2.12 bits per heavy atom. The van der Waals surface area contributed by atoms with Crippen molar-refractivity contribution in [3.05, 3.63) is 47.5 Å². The monoisotopic (exact) mass is 348 g/mol. The van der Waals surface area contributed by atoms with E-state index in [1.165, 1.54) is 18.2 Å². The molecule has 1 fully saturated rings. The molecule has 2 unspecified atom stereocenters. The number of nitrogens with zero attached hydrogens (tertiary/aromatic N) is 4. The van der Waals surface area contributed by atoms with Crippen molar-refractivity contribution in [2.75, 3.05) is 13.6 Å². The van der Waals surface area contributed by atoms with E-state index in [2.05, 4.69) is 25.8 Å². The minimum Gasteiger partial charge on any atom is -0.355 e. The number of aryl methyl sites for hydroxylation is 1. The van der Waals surface area contributed by atoms with E-state index in [0.717, 1.165) is 12.2 Å². The van der Waals surface area contributed by atoms with E-state index in [1.54, 1.807) is 13.4 Å². The van der Waals surface area contributed by atoms with Gasteiger partial charge in [-0.1, -0.05) is 13.0 Å². The highest BCUT2D eigenvalue weighted by Crippen LogP contribution is 2.42. The molecule has 2 atom stereocenters. The summed E-state index contributed by atoms with van der Waals surface area (Å²) in [4.78, 5) is 4.17. The summed E-state index contributed by atoms with van der Waals surface area (Å²) in [6.45, 7) is 3.40. The highest BCUT2D eigenvalue weighted by atomic mass is 19.1. The molecule has 134 valence electrons. The van der Waals surface area contributed by atoms with Gasteiger partial charge in [-0.05, 0) is 18.6 Å². The van der Waals surface area contributed by atoms with Crippen LogP contribution in [0.2, 0.25) is 0 Å². The lowest BCUT2D eigenvalue weighted by molar-refractivity contribution is 0.553. The van der Waals surface area contributed by atoms with E-state index >= 15 is 0 Å². The lowest BCUT2D eigenvalue weighted by Crippen LogP contribution is -2.40. The number of hydrogen-bond donors (Lipinski definition) is 2. The van der Waals surface area contributed by atoms with Gasteiger partial charge >= 0.3 is 0 Å². The highest BCUT2D eigenvalue weighted by Gasteiger charge is 2.42. The predicted octanol–water partition coefficient (Wildman–Crippen LogP) is 1.84. The average Bonchev–Trinajstić information content (AvgIpc) is 3.18. The summed E-state index contributed by atoms with van der Waals surface area (Å²) in [6, 6.07) is 3.96. The van der Waals surface area contributed by atoms with Gasteiger partial charge < -0.3 is 15.2 Å². The molecule has 0 bridgehead atoms. The lowest BCUT2D eigenvalue weighted by atomic mass is 10.1. The molecule has 2 aromatic rings. The van der Waals surface area contributed by atoms with Gasteiger partial charge in [-0.2, -0.15) is 0 Å². The highest BCUT2D eigenvalue weighted by molar-refractivity contribution is 5.80. The summed E-state index contributed by atoms with van der Waals surface area (Å²) in [5, 5.41) is 14.4. The molecule has 8 heteroatoms. The second kappa shape index (κ2) is 7.58. The Bertz CT molecular complexity index is 737. The fourth-order valence-electron chi connectivity index (χ4n) is 2.94. The number of rotatable bonds is 6. The molecular weight excluding hydrogens is 326 g/mol. The first-order valence-corrected chi connectivity index (χ1v) is 8.41. The Hall–Kier alpha value is -2.51. The van der Waals surface area contributed by atoms with Gasteiger partial charge in [-0.25, -0.2) is 8.78 Å². The van der Waals surface area contributed by atoms with Gasteiger partial charge in [0.05, 0.1) is 0 Å². The van der Waals surface area contributed by atoms with Crippen molar-refractivity contribution in [3.8, 4) is 0 Å². The number of guanidine groups is 1. The number of aliphatic imine (C=N–C) groups is 1. The van der Waals surface area contributed by atoms with Crippen LogP contribution in [-0.2, 0) is 13.0 Å². The molecule has 2 N–H and O–H groups in total. The van der Waals surface area contributed by atoms with Crippen molar-refractivity contribution in [2.45, 2.75) is 38.3 Å². The molecule has 1 aliphatic rings. The molecule has 1 aromatic carbocycles. The van der Waals surface area contributed by atoms with Gasteiger partial charge in [-0.3, -0.25) is 4.99 Å². The first-order chi connectivity index (χ1) is 12.1. The van der Waals surface area contributed by atoms with Crippen LogP contribution < -0.4 is 10.6 Å². The Morgan fingerprint density at radius 1 is 1.36 bits per heavy atom. The van der Waals surface area contributed by atoms with E-state index in [-0.39, 0.29) is 17.5 Å². The zero-order valence-electron chi connectivity index (χ0n) is 14.3. The summed E-state index contributed by atoms with van der Waals surface area (Å²) in [5.41, 5.74) is 0.160. The van der Waals surface area contributed by atoms with Crippen molar-refractivity contribution in [1.29, 1.82) is 0 Å². The maximum atomic E-state index is 13.8. The maximum Gasteiger partial charge on any atom is 0.191 e. The van der Waals surface area contributed by atoms with Gasteiger partial charge in [-0.15, -0.1) is 10.2 Å². The molecule has 1 aromatic heterocycles. The van der Waals surface area contributed by atoms with Crippen molar-refractivity contribution < 1.29 is 8.78 Å². The van der Waals surface area contributed by atoms with Crippen LogP contribution in [0.4, 0.5) is 8.78 Å². The molecule has 25 heavy (non-hydrogen) atoms. The fraction of sp³-hybridized carbons (Fsp3) is 0.471. The molecule has 1 aliphatic carbocycles. The average molecular weight is 348 g/mol. The number of nitrogens with one attached hydrogen (secondary N) is 2. The van der Waals surface area contributed by atoms with Gasteiger partial charge in [0.1, 0.15) is 23.8 Å². The molecule has 6 nitrogen and oxygen atoms in total. The molecular formula is C17H22F2N6. The first kappa shape index (κ1) is 17.3. The summed E-state index contributed by atoms with van der Waals surface area (Å²) in [6.07, 6.45) is 3.21. The van der Waals surface area contributed by atoms with Gasteiger partial charge in [0.2, 0.25) is 0 Å². The Morgan fingerprint density at radius 3 is 2.80 bits per heavy atom. The largest absolute Gasteiger partial charge is 0.355 e. The Balaban J connectivity index is 1.51. The topological polar surface area (TPSA) is 67.1 Å². The number of hydrogen-bond acceptors (Lipinski definition) is 3. The van der Waals surface area contributed by atoms with Gasteiger partial charge in [0, 0.05) is 44.1 Å². The number of halogens is 2. The fourth-order valence-corrected chi connectivity index (χ4v) is 2.94. The summed E-state index contributed by atoms with van der Waals surface area (Å²) >= 11 is 0. The normalized spacial score (nSPS) is 19.8. The van der Waals surface area contributed by atoms with Crippen LogP contribution in [0, 0.1) is 11.6 Å². The van der Waals surface area contributed by atoms with Crippen LogP contribution in [-0.4, -0.2) is 40.4 Å². The van der Waals surface area contributed by atoms with Crippen molar-refractivity contribution in [3.63, 3.8) is 0 Å². The molecule has 1 saturated carbocycles. The van der Waals surface area contributed by atoms with Crippen LogP contribution in [0.15, 0.2) is 29.5 Å². The van der Waals surface area contributed by atoms with Crippen LogP contribution >= 0.6 is 0 Å². The van der Waals surface area contributed by atoms with E-state index in [9.17, 15) is 8.78 Å². The van der Waals surface area contributed by atoms with Crippen molar-refractivity contribution in [2.24, 2.45) is 4.99 Å². The molecule has 0 aliphatic heterocycles. The SMILES string of the molecule is CCc1nncn1CCNC(=NC)NC1CC1c1c(F)cccc1F. The second-order valence-electron chi connectivity index (χ2n) is 6.02. The van der Waals surface area contributed by atoms with Crippen LogP contribution in [0.3, 0.4) is 0 Å². The van der Waals surface area contributed by atoms with Crippen LogP contribution in [0.5, 0.6) is 0 Å². The van der Waals surface area contributed by atoms with E-state index in [1.807, 2.05) is 11.5 Å². The standard InChI is InChI=1S/C17H22F2N6/c1-3-15-24-22-10-25(15)8-7-21-17(20-2)23-14-9-11(14)16-12(18)5-4-6-13(16)19/h4-6,10-11,14H,3,7-9H2,1-2H3,(H2,20,21,23). The van der Waals surface area contributed by atoms with Crippen molar-refractivity contribution >= 4 is 5.96 Å². The van der Waals surface area contributed by atoms with Crippen LogP contribution in [0.25, 0.3) is 0 Å². The summed E-state index contributed by atoms with van der Waals surface area (Å²) in [7, 11) is 1.67. The zero-order chi connectivity index (χ0) is 17.8. The Labute approximate surface area is 145 Å². The van der Waals surface area contributed by atoms with Gasteiger partial charge in [0.15, 0.2) is 5.96 Å². The lowest BCUT2D eigenvalue weighted by Gasteiger charge is -2.13. The molecule has 0 spiro atoms. The third-order valence-corrected chi connectivity index (χ3v) is 4.36. The number of benzene rings is 1. The van der Waals surface area contributed by atoms with E-state index < -0.39 is 11.6 Å². The second-order valence-corrected chi connectivity index (χ2v) is 6.02. The zero-order valence-corrected chi connectivity index (χ0v) is 14.3. The third-order valence-electron chi connectivity index (χ3n) is 4.36. The van der Waals surface area contributed by atoms with Crippen molar-refractivity contribution in [1.82, 2.24) is 25.4 Å². The molecule has 0 amide bonds. The number of aromatic nitrogens is 3. The molecule has 1 heterocycles. The molecule has 0 saturated heterocycles. The minimum atomic E-state index is -0.489. The predicted molar refractivity (Wildman–Crippen MR) is 91.4 cm³/mol. The molecule has 0 radical (unpaired) electrons. The maximum absolute atomic E-state index is 13.8. The van der Waals surface area contributed by atoms with Gasteiger partial charge in [0.25, 0.3) is 0 Å². The van der Waals surface area contributed by atoms with E-state index in [0.29, 0.717) is 25.5 Å². The smallest absolute Gasteiger partial charge is 0.191 e. The Kier molecular flexibility index (Phi) is 5.25. The van der Waals surface area contributed by atoms with E-state index in [4.69, 9.17) is 0 Å². The van der Waals surface area contributed by atoms with Crippen LogP contribution in [0.1, 0.15) is 30.7 Å². The molecule has 3 rings (SSSR count). The summed E-state index contributed by atoms with van der Waals surface area (Å²) in [5.74, 6) is 0.413. The third kappa shape index (κ3) is 3.94. The minimum absolute atomic E-state index is 0.0151. The first-order valence-electron chi connectivity index (χ1n) is 8.41. The quantitative estimate of drug-likeness (QED) is 0.617.